The van der Waals surface area contributed by atoms with Crippen molar-refractivity contribution in [2.75, 3.05) is 20.1 Å². The molecule has 13 heavy (non-hydrogen) atoms. The van der Waals surface area contributed by atoms with Gasteiger partial charge >= 0.3 is 0 Å². The summed E-state index contributed by atoms with van der Waals surface area (Å²) in [7, 11) is 2.20. The second-order valence-corrected chi connectivity index (χ2v) is 5.01. The third kappa shape index (κ3) is 2.68. The Kier molecular flexibility index (Phi) is 2.61. The predicted molar refractivity (Wildman–Crippen MR) is 53.6 cm³/mol. The van der Waals surface area contributed by atoms with E-state index in [1.54, 1.807) is 0 Å². The molecule has 2 heteroatoms. The molecule has 0 aromatic rings. The van der Waals surface area contributed by atoms with Crippen LogP contribution in [0.15, 0.2) is 0 Å². The Balaban J connectivity index is 1.65. The van der Waals surface area contributed by atoms with Gasteiger partial charge in [0.1, 0.15) is 0 Å². The summed E-state index contributed by atoms with van der Waals surface area (Å²) in [6.45, 7) is 2.51. The third-order valence-electron chi connectivity index (χ3n) is 3.68. The Hall–Kier alpha value is -0.0800. The van der Waals surface area contributed by atoms with Gasteiger partial charge in [0.15, 0.2) is 0 Å². The minimum atomic E-state index is -0.219. The molecular formula is C11H21NO. The lowest BCUT2D eigenvalue weighted by molar-refractivity contribution is 0.120. The molecule has 1 aliphatic heterocycles. The maximum absolute atomic E-state index is 9.70. The monoisotopic (exact) mass is 183 g/mol. The molecule has 2 rings (SSSR count). The molecule has 2 nitrogen and oxygen atoms in total. The summed E-state index contributed by atoms with van der Waals surface area (Å²) in [5.41, 5.74) is -0.219. The zero-order chi connectivity index (χ0) is 9.31. The van der Waals surface area contributed by atoms with E-state index in [-0.39, 0.29) is 5.60 Å². The Morgan fingerprint density at radius 2 is 1.92 bits per heavy atom. The van der Waals surface area contributed by atoms with Crippen LogP contribution in [-0.2, 0) is 0 Å². The first-order valence-electron chi connectivity index (χ1n) is 5.59. The summed E-state index contributed by atoms with van der Waals surface area (Å²) in [6, 6.07) is 0. The highest BCUT2D eigenvalue weighted by atomic mass is 16.3. The van der Waals surface area contributed by atoms with Crippen LogP contribution in [-0.4, -0.2) is 35.7 Å². The molecule has 1 N–H and O–H groups in total. The first-order valence-corrected chi connectivity index (χ1v) is 5.59. The van der Waals surface area contributed by atoms with Gasteiger partial charge in [-0.1, -0.05) is 0 Å². The van der Waals surface area contributed by atoms with Crippen molar-refractivity contribution in [3.8, 4) is 0 Å². The van der Waals surface area contributed by atoms with Crippen molar-refractivity contribution in [2.24, 2.45) is 5.92 Å². The van der Waals surface area contributed by atoms with Gasteiger partial charge in [-0.3, -0.25) is 0 Å². The number of rotatable bonds is 3. The Bertz CT molecular complexity index is 169. The standard InChI is InChI=1S/C11H21NO/c1-12-8-3-10(4-9-12)2-5-11(13)6-7-11/h10,13H,2-9H2,1H3. The molecule has 1 saturated heterocycles. The summed E-state index contributed by atoms with van der Waals surface area (Å²) in [6.07, 6.45) is 7.10. The number of piperidine rings is 1. The molecule has 0 unspecified atom stereocenters. The van der Waals surface area contributed by atoms with Crippen LogP contribution in [0.5, 0.6) is 0 Å². The average Bonchev–Trinajstić information content (AvgIpc) is 2.84. The summed E-state index contributed by atoms with van der Waals surface area (Å²) in [4.78, 5) is 2.41. The number of nitrogens with zero attached hydrogens (tertiary/aromatic N) is 1. The molecule has 2 fully saturated rings. The first kappa shape index (κ1) is 9.47. The molecule has 0 radical (unpaired) electrons. The number of likely N-dealkylation sites (tertiary alicyclic amines) is 1. The van der Waals surface area contributed by atoms with Crippen LogP contribution in [0.1, 0.15) is 38.5 Å². The van der Waals surface area contributed by atoms with Gasteiger partial charge in [-0.25, -0.2) is 0 Å². The van der Waals surface area contributed by atoms with Crippen LogP contribution >= 0.6 is 0 Å². The lowest BCUT2D eigenvalue weighted by atomic mass is 9.91. The molecule has 1 aliphatic carbocycles. The van der Waals surface area contributed by atoms with Crippen molar-refractivity contribution in [3.05, 3.63) is 0 Å². The van der Waals surface area contributed by atoms with Gasteiger partial charge in [-0.15, -0.1) is 0 Å². The van der Waals surface area contributed by atoms with Crippen LogP contribution in [0.2, 0.25) is 0 Å². The van der Waals surface area contributed by atoms with Gasteiger partial charge in [0, 0.05) is 0 Å². The van der Waals surface area contributed by atoms with E-state index in [2.05, 4.69) is 11.9 Å². The maximum atomic E-state index is 9.70. The van der Waals surface area contributed by atoms with E-state index in [0.29, 0.717) is 0 Å². The maximum Gasteiger partial charge on any atom is 0.0650 e. The van der Waals surface area contributed by atoms with Gasteiger partial charge in [-0.2, -0.15) is 0 Å². The van der Waals surface area contributed by atoms with Crippen LogP contribution in [0.3, 0.4) is 0 Å². The van der Waals surface area contributed by atoms with Crippen molar-refractivity contribution >= 4 is 0 Å². The zero-order valence-electron chi connectivity index (χ0n) is 8.63. The molecule has 0 aromatic heterocycles. The average molecular weight is 183 g/mol. The van der Waals surface area contributed by atoms with E-state index in [4.69, 9.17) is 0 Å². The second kappa shape index (κ2) is 3.58. The third-order valence-corrected chi connectivity index (χ3v) is 3.68. The minimum Gasteiger partial charge on any atom is -0.390 e. The zero-order valence-corrected chi connectivity index (χ0v) is 8.63. The molecule has 2 aliphatic rings. The molecule has 0 aromatic carbocycles. The van der Waals surface area contributed by atoms with Crippen LogP contribution in [0.4, 0.5) is 0 Å². The first-order chi connectivity index (χ1) is 6.18. The highest BCUT2D eigenvalue weighted by Crippen LogP contribution is 2.41. The minimum absolute atomic E-state index is 0.219. The van der Waals surface area contributed by atoms with E-state index in [9.17, 15) is 5.11 Å². The highest BCUT2D eigenvalue weighted by molar-refractivity contribution is 4.93. The van der Waals surface area contributed by atoms with Crippen molar-refractivity contribution in [3.63, 3.8) is 0 Å². The number of hydrogen-bond donors (Lipinski definition) is 1. The van der Waals surface area contributed by atoms with E-state index >= 15 is 0 Å². The molecule has 0 atom stereocenters. The fourth-order valence-electron chi connectivity index (χ4n) is 2.22. The molecule has 1 heterocycles. The molecule has 0 amide bonds. The smallest absolute Gasteiger partial charge is 0.0650 e. The highest BCUT2D eigenvalue weighted by Gasteiger charge is 2.40. The number of hydrogen-bond acceptors (Lipinski definition) is 2. The Morgan fingerprint density at radius 1 is 1.31 bits per heavy atom. The Morgan fingerprint density at radius 3 is 2.46 bits per heavy atom. The lowest BCUT2D eigenvalue weighted by Gasteiger charge is -2.29. The predicted octanol–water partition coefficient (Wildman–Crippen LogP) is 1.63. The van der Waals surface area contributed by atoms with E-state index in [0.717, 1.165) is 25.2 Å². The van der Waals surface area contributed by atoms with Crippen molar-refractivity contribution < 1.29 is 5.11 Å². The van der Waals surface area contributed by atoms with Gasteiger partial charge in [0.25, 0.3) is 0 Å². The molecule has 0 spiro atoms. The second-order valence-electron chi connectivity index (χ2n) is 5.01. The SMILES string of the molecule is CN1CCC(CCC2(O)CC2)CC1. The van der Waals surface area contributed by atoms with Crippen LogP contribution in [0.25, 0.3) is 0 Å². The largest absolute Gasteiger partial charge is 0.390 e. The van der Waals surface area contributed by atoms with Crippen molar-refractivity contribution in [1.82, 2.24) is 4.90 Å². The quantitative estimate of drug-likeness (QED) is 0.719. The van der Waals surface area contributed by atoms with Crippen LogP contribution in [0, 0.1) is 5.92 Å². The lowest BCUT2D eigenvalue weighted by Crippen LogP contribution is -2.30. The topological polar surface area (TPSA) is 23.5 Å². The van der Waals surface area contributed by atoms with Gasteiger partial charge in [0.2, 0.25) is 0 Å². The molecule has 76 valence electrons. The van der Waals surface area contributed by atoms with E-state index in [1.807, 2.05) is 0 Å². The van der Waals surface area contributed by atoms with E-state index in [1.165, 1.54) is 32.4 Å². The summed E-state index contributed by atoms with van der Waals surface area (Å²) in [5.74, 6) is 0.890. The summed E-state index contributed by atoms with van der Waals surface area (Å²) >= 11 is 0. The van der Waals surface area contributed by atoms with E-state index < -0.39 is 0 Å². The van der Waals surface area contributed by atoms with Gasteiger partial charge in [-0.05, 0) is 64.6 Å². The molecular weight excluding hydrogens is 162 g/mol. The summed E-state index contributed by atoms with van der Waals surface area (Å²) in [5, 5.41) is 9.70. The fraction of sp³-hybridized carbons (Fsp3) is 1.00. The fourth-order valence-corrected chi connectivity index (χ4v) is 2.22. The Labute approximate surface area is 80.9 Å². The van der Waals surface area contributed by atoms with Gasteiger partial charge in [0.05, 0.1) is 5.60 Å². The van der Waals surface area contributed by atoms with Crippen LogP contribution < -0.4 is 0 Å². The normalized spacial score (nSPS) is 29.1. The molecule has 0 bridgehead atoms. The van der Waals surface area contributed by atoms with Crippen molar-refractivity contribution in [2.45, 2.75) is 44.1 Å². The summed E-state index contributed by atoms with van der Waals surface area (Å²) < 4.78 is 0. The number of aliphatic hydroxyl groups is 1. The molecule has 1 saturated carbocycles. The van der Waals surface area contributed by atoms with Gasteiger partial charge < -0.3 is 10.0 Å². The van der Waals surface area contributed by atoms with Crippen molar-refractivity contribution in [1.29, 1.82) is 0 Å².